The number of hydrogen-bond donors (Lipinski definition) is 2. The minimum Gasteiger partial charge on any atom is -0.371 e. The van der Waals surface area contributed by atoms with Crippen LogP contribution in [0, 0.1) is 6.92 Å². The van der Waals surface area contributed by atoms with Crippen LogP contribution < -0.4 is 10.6 Å². The summed E-state index contributed by atoms with van der Waals surface area (Å²) in [6, 6.07) is 14.3. The van der Waals surface area contributed by atoms with Gasteiger partial charge in [-0.15, -0.1) is 0 Å². The van der Waals surface area contributed by atoms with Crippen LogP contribution in [-0.2, 0) is 16.9 Å². The molecular formula is C19H16ClN3O3. The standard InChI is InChI=1S/C19H16ClN3O3/c1-11-16(17(21)26-22-11)19(25)13-7-3-5-9-15(13)23(18(19)24)10-12-6-2-4-8-14(12)20/h2-9,25H,10,21H2,1H3/t19-/m1/s1. The Kier molecular flexibility index (Phi) is 3.75. The Hall–Kier alpha value is -2.83. The molecule has 1 aromatic heterocycles. The van der Waals surface area contributed by atoms with E-state index in [9.17, 15) is 9.90 Å². The molecule has 4 rings (SSSR count). The van der Waals surface area contributed by atoms with E-state index in [4.69, 9.17) is 21.9 Å². The molecule has 2 aromatic carbocycles. The van der Waals surface area contributed by atoms with Gasteiger partial charge in [-0.05, 0) is 24.6 Å². The van der Waals surface area contributed by atoms with Gasteiger partial charge in [0.05, 0.1) is 23.5 Å². The maximum atomic E-state index is 13.3. The third kappa shape index (κ3) is 2.23. The van der Waals surface area contributed by atoms with Gasteiger partial charge in [0.15, 0.2) is 0 Å². The molecule has 0 radical (unpaired) electrons. The molecule has 2 heterocycles. The van der Waals surface area contributed by atoms with Gasteiger partial charge in [-0.1, -0.05) is 53.2 Å². The lowest BCUT2D eigenvalue weighted by Gasteiger charge is -2.23. The number of nitrogens with zero attached hydrogens (tertiary/aromatic N) is 2. The first-order valence-corrected chi connectivity index (χ1v) is 8.42. The number of benzene rings is 2. The predicted molar refractivity (Wildman–Crippen MR) is 97.7 cm³/mol. The van der Waals surface area contributed by atoms with Gasteiger partial charge >= 0.3 is 0 Å². The number of rotatable bonds is 3. The van der Waals surface area contributed by atoms with Gasteiger partial charge < -0.3 is 20.3 Å². The average molecular weight is 370 g/mol. The number of hydrogen-bond acceptors (Lipinski definition) is 5. The summed E-state index contributed by atoms with van der Waals surface area (Å²) in [6.07, 6.45) is 0. The highest BCUT2D eigenvalue weighted by Gasteiger charge is 2.54. The normalized spacial score (nSPS) is 19.0. The molecule has 3 N–H and O–H groups in total. The van der Waals surface area contributed by atoms with E-state index in [1.165, 1.54) is 4.90 Å². The summed E-state index contributed by atoms with van der Waals surface area (Å²) in [7, 11) is 0. The first-order valence-electron chi connectivity index (χ1n) is 8.04. The highest BCUT2D eigenvalue weighted by Crippen LogP contribution is 2.47. The quantitative estimate of drug-likeness (QED) is 0.740. The SMILES string of the molecule is Cc1noc(N)c1[C@@]1(O)C(=O)N(Cc2ccccc2Cl)c2ccccc21. The number of anilines is 2. The molecule has 0 bridgehead atoms. The maximum Gasteiger partial charge on any atom is 0.269 e. The van der Waals surface area contributed by atoms with Gasteiger partial charge in [-0.25, -0.2) is 0 Å². The van der Waals surface area contributed by atoms with Crippen LogP contribution in [-0.4, -0.2) is 16.2 Å². The number of amides is 1. The lowest BCUT2D eigenvalue weighted by molar-refractivity contribution is -0.132. The van der Waals surface area contributed by atoms with E-state index in [2.05, 4.69) is 5.16 Å². The smallest absolute Gasteiger partial charge is 0.269 e. The molecular weight excluding hydrogens is 354 g/mol. The zero-order chi connectivity index (χ0) is 18.5. The minimum absolute atomic E-state index is 0.0762. The number of carbonyl (C=O) groups is 1. The van der Waals surface area contributed by atoms with Gasteiger partial charge in [-0.3, -0.25) is 4.79 Å². The number of fused-ring (bicyclic) bond motifs is 1. The van der Waals surface area contributed by atoms with Crippen LogP contribution in [0.15, 0.2) is 53.1 Å². The molecule has 0 spiro atoms. The predicted octanol–water partition coefficient (Wildman–Crippen LogP) is 3.00. The van der Waals surface area contributed by atoms with Crippen LogP contribution in [0.2, 0.25) is 5.02 Å². The van der Waals surface area contributed by atoms with Crippen molar-refractivity contribution in [2.24, 2.45) is 0 Å². The minimum atomic E-state index is -1.95. The van der Waals surface area contributed by atoms with Gasteiger partial charge in [0.25, 0.3) is 5.91 Å². The molecule has 1 amide bonds. The summed E-state index contributed by atoms with van der Waals surface area (Å²) in [6.45, 7) is 1.86. The summed E-state index contributed by atoms with van der Waals surface area (Å²) in [4.78, 5) is 14.8. The van der Waals surface area contributed by atoms with Crippen molar-refractivity contribution < 1.29 is 14.4 Å². The Balaban J connectivity index is 1.87. The molecule has 7 heteroatoms. The van der Waals surface area contributed by atoms with E-state index >= 15 is 0 Å². The summed E-state index contributed by atoms with van der Waals surface area (Å²) >= 11 is 6.25. The maximum absolute atomic E-state index is 13.3. The molecule has 0 fully saturated rings. The number of aryl methyl sites for hydroxylation is 1. The highest BCUT2D eigenvalue weighted by atomic mass is 35.5. The van der Waals surface area contributed by atoms with E-state index in [0.717, 1.165) is 5.56 Å². The van der Waals surface area contributed by atoms with E-state index in [1.807, 2.05) is 18.2 Å². The Labute approximate surface area is 154 Å². The Morgan fingerprint density at radius 3 is 2.62 bits per heavy atom. The summed E-state index contributed by atoms with van der Waals surface area (Å²) in [5.74, 6) is -0.593. The summed E-state index contributed by atoms with van der Waals surface area (Å²) < 4.78 is 4.98. The Morgan fingerprint density at radius 2 is 1.92 bits per heavy atom. The molecule has 6 nitrogen and oxygen atoms in total. The van der Waals surface area contributed by atoms with Crippen molar-refractivity contribution >= 4 is 29.1 Å². The first-order chi connectivity index (χ1) is 12.4. The molecule has 132 valence electrons. The van der Waals surface area contributed by atoms with Crippen LogP contribution in [0.1, 0.15) is 22.4 Å². The number of nitrogens with two attached hydrogens (primary N) is 1. The monoisotopic (exact) mass is 369 g/mol. The van der Waals surface area contributed by atoms with Crippen molar-refractivity contribution in [3.05, 3.63) is 75.9 Å². The van der Waals surface area contributed by atoms with Gasteiger partial charge in [0.2, 0.25) is 11.5 Å². The van der Waals surface area contributed by atoms with Crippen molar-refractivity contribution in [3.8, 4) is 0 Å². The topological polar surface area (TPSA) is 92.6 Å². The second-order valence-electron chi connectivity index (χ2n) is 6.22. The van der Waals surface area contributed by atoms with Crippen molar-refractivity contribution in [2.45, 2.75) is 19.1 Å². The zero-order valence-electron chi connectivity index (χ0n) is 13.9. The largest absolute Gasteiger partial charge is 0.371 e. The number of aromatic nitrogens is 1. The molecule has 0 saturated carbocycles. The lowest BCUT2D eigenvalue weighted by Crippen LogP contribution is -2.41. The van der Waals surface area contributed by atoms with E-state index in [-0.39, 0.29) is 18.0 Å². The van der Waals surface area contributed by atoms with Crippen LogP contribution in [0.25, 0.3) is 0 Å². The molecule has 0 aliphatic carbocycles. The first kappa shape index (κ1) is 16.6. The third-order valence-corrected chi connectivity index (χ3v) is 5.05. The van der Waals surface area contributed by atoms with Crippen LogP contribution >= 0.6 is 11.6 Å². The second-order valence-corrected chi connectivity index (χ2v) is 6.62. The fourth-order valence-electron chi connectivity index (χ4n) is 3.46. The number of nitrogen functional groups attached to an aromatic ring is 1. The molecule has 26 heavy (non-hydrogen) atoms. The van der Waals surface area contributed by atoms with Crippen molar-refractivity contribution in [1.29, 1.82) is 0 Å². The number of carbonyl (C=O) groups excluding carboxylic acids is 1. The van der Waals surface area contributed by atoms with E-state index in [0.29, 0.717) is 22.0 Å². The van der Waals surface area contributed by atoms with Crippen LogP contribution in [0.5, 0.6) is 0 Å². The Morgan fingerprint density at radius 1 is 1.23 bits per heavy atom. The summed E-state index contributed by atoms with van der Waals surface area (Å²) in [5, 5.41) is 15.8. The van der Waals surface area contributed by atoms with E-state index < -0.39 is 11.5 Å². The van der Waals surface area contributed by atoms with Crippen molar-refractivity contribution in [3.63, 3.8) is 0 Å². The third-order valence-electron chi connectivity index (χ3n) is 4.68. The molecule has 3 aromatic rings. The lowest BCUT2D eigenvalue weighted by atomic mass is 9.87. The van der Waals surface area contributed by atoms with E-state index in [1.54, 1.807) is 37.3 Å². The fraction of sp³-hybridized carbons (Fsp3) is 0.158. The highest BCUT2D eigenvalue weighted by molar-refractivity contribution is 6.31. The van der Waals surface area contributed by atoms with Gasteiger partial charge in [0.1, 0.15) is 0 Å². The van der Waals surface area contributed by atoms with Crippen molar-refractivity contribution in [2.75, 3.05) is 10.6 Å². The average Bonchev–Trinajstić information content (AvgIpc) is 3.08. The van der Waals surface area contributed by atoms with Gasteiger partial charge in [-0.2, -0.15) is 0 Å². The molecule has 1 atom stereocenters. The van der Waals surface area contributed by atoms with Crippen molar-refractivity contribution in [1.82, 2.24) is 5.16 Å². The summed E-state index contributed by atoms with van der Waals surface area (Å²) in [5.41, 5.74) is 6.27. The fourth-order valence-corrected chi connectivity index (χ4v) is 3.65. The molecule has 0 saturated heterocycles. The number of aliphatic hydroxyl groups is 1. The molecule has 1 aliphatic heterocycles. The molecule has 0 unspecified atom stereocenters. The van der Waals surface area contributed by atoms with Crippen LogP contribution in [0.3, 0.4) is 0 Å². The second kappa shape index (κ2) is 5.86. The zero-order valence-corrected chi connectivity index (χ0v) is 14.7. The van der Waals surface area contributed by atoms with Gasteiger partial charge in [0, 0.05) is 10.6 Å². The van der Waals surface area contributed by atoms with Crippen LogP contribution in [0.4, 0.5) is 11.6 Å². The number of para-hydroxylation sites is 1. The Bertz CT molecular complexity index is 997. The number of halogens is 1. The molecule has 1 aliphatic rings.